The lowest BCUT2D eigenvalue weighted by Crippen LogP contribution is -2.38. The number of piperidine rings is 1. The number of fused-ring (bicyclic) bond motifs is 1. The van der Waals surface area contributed by atoms with Crippen molar-refractivity contribution in [3.63, 3.8) is 0 Å². The molecule has 0 bridgehead atoms. The molecule has 0 amide bonds. The summed E-state index contributed by atoms with van der Waals surface area (Å²) in [4.78, 5) is 11.4. The maximum atomic E-state index is 12.7. The minimum Gasteiger partial charge on any atom is -0.507 e. The Kier molecular flexibility index (Phi) is 5.29. The van der Waals surface area contributed by atoms with Gasteiger partial charge in [0, 0.05) is 34.5 Å². The lowest BCUT2D eigenvalue weighted by molar-refractivity contribution is -0.0885. The van der Waals surface area contributed by atoms with Crippen molar-refractivity contribution < 1.29 is 23.1 Å². The van der Waals surface area contributed by atoms with E-state index in [2.05, 4.69) is 20.8 Å². The molecule has 3 aromatic rings. The van der Waals surface area contributed by atoms with Crippen LogP contribution in [0.4, 0.5) is 19.0 Å². The number of carbonyl (C=O) groups excluding carboxylic acids is 1. The van der Waals surface area contributed by atoms with Gasteiger partial charge in [-0.1, -0.05) is 30.3 Å². The van der Waals surface area contributed by atoms with Gasteiger partial charge in [0.25, 0.3) is 5.78 Å². The number of ketones is 1. The number of aromatic hydroxyl groups is 1. The average molecular weight is 416 g/mol. The van der Waals surface area contributed by atoms with E-state index in [1.54, 1.807) is 12.1 Å². The van der Waals surface area contributed by atoms with Crippen LogP contribution in [0.2, 0.25) is 0 Å². The van der Waals surface area contributed by atoms with Crippen molar-refractivity contribution in [2.75, 3.05) is 18.4 Å². The molecular weight excluding hydrogens is 397 g/mol. The number of alkyl halides is 3. The molecule has 0 unspecified atom stereocenters. The Bertz CT molecular complexity index is 1100. The molecule has 1 atom stereocenters. The van der Waals surface area contributed by atoms with Gasteiger partial charge in [0.15, 0.2) is 5.82 Å². The van der Waals surface area contributed by atoms with E-state index in [0.29, 0.717) is 16.9 Å². The number of Topliss-reactive ketones (excluding diaryl/α,β-unsaturated/α-hetero) is 1. The summed E-state index contributed by atoms with van der Waals surface area (Å²) in [6.07, 6.45) is -2.96. The van der Waals surface area contributed by atoms with E-state index in [0.717, 1.165) is 43.5 Å². The van der Waals surface area contributed by atoms with Gasteiger partial charge in [-0.15, -0.1) is 10.2 Å². The summed E-state index contributed by atoms with van der Waals surface area (Å²) in [5.41, 5.74) is -0.117. The van der Waals surface area contributed by atoms with Gasteiger partial charge in [0.1, 0.15) is 11.4 Å². The molecule has 156 valence electrons. The first-order chi connectivity index (χ1) is 14.3. The zero-order valence-electron chi connectivity index (χ0n) is 15.8. The molecule has 0 spiro atoms. The number of phenols is 1. The highest BCUT2D eigenvalue weighted by Gasteiger charge is 2.39. The van der Waals surface area contributed by atoms with E-state index in [1.807, 2.05) is 12.1 Å². The quantitative estimate of drug-likeness (QED) is 0.559. The van der Waals surface area contributed by atoms with E-state index >= 15 is 0 Å². The van der Waals surface area contributed by atoms with Gasteiger partial charge >= 0.3 is 6.18 Å². The first kappa shape index (κ1) is 20.1. The Morgan fingerprint density at radius 1 is 1.13 bits per heavy atom. The second kappa shape index (κ2) is 7.91. The highest BCUT2D eigenvalue weighted by atomic mass is 19.4. The second-order valence-corrected chi connectivity index (χ2v) is 7.19. The van der Waals surface area contributed by atoms with Crippen LogP contribution in [0.5, 0.6) is 5.75 Å². The number of anilines is 1. The highest BCUT2D eigenvalue weighted by Crippen LogP contribution is 2.36. The standard InChI is InChI=1S/C21H19F3N4O2/c22-21(23,24)19(30)12-7-8-16(17(29)10-12)18-14-5-1-2-6-15(14)20(28-27-18)26-13-4-3-9-25-11-13/h1-2,5-8,10,13,25,29H,3-4,9,11H2,(H,26,28)/t13-/m1/s1. The Labute approximate surface area is 170 Å². The highest BCUT2D eigenvalue weighted by molar-refractivity contribution is 6.03. The van der Waals surface area contributed by atoms with Gasteiger partial charge in [-0.2, -0.15) is 13.2 Å². The molecule has 1 aliphatic rings. The van der Waals surface area contributed by atoms with Gasteiger partial charge < -0.3 is 15.7 Å². The van der Waals surface area contributed by atoms with Crippen molar-refractivity contribution in [1.29, 1.82) is 0 Å². The van der Waals surface area contributed by atoms with Crippen LogP contribution in [0.25, 0.3) is 22.0 Å². The Morgan fingerprint density at radius 2 is 1.90 bits per heavy atom. The summed E-state index contributed by atoms with van der Waals surface area (Å²) in [7, 11) is 0. The first-order valence-corrected chi connectivity index (χ1v) is 9.52. The molecule has 30 heavy (non-hydrogen) atoms. The van der Waals surface area contributed by atoms with Crippen molar-refractivity contribution in [2.24, 2.45) is 0 Å². The van der Waals surface area contributed by atoms with Gasteiger partial charge in [-0.25, -0.2) is 0 Å². The number of halogens is 3. The zero-order chi connectivity index (χ0) is 21.3. The van der Waals surface area contributed by atoms with Gasteiger partial charge in [0.05, 0.1) is 0 Å². The van der Waals surface area contributed by atoms with Crippen LogP contribution in [0.3, 0.4) is 0 Å². The van der Waals surface area contributed by atoms with Crippen molar-refractivity contribution in [2.45, 2.75) is 25.1 Å². The molecule has 6 nitrogen and oxygen atoms in total. The Balaban J connectivity index is 1.73. The third-order valence-electron chi connectivity index (χ3n) is 5.10. The molecule has 3 N–H and O–H groups in total. The first-order valence-electron chi connectivity index (χ1n) is 9.52. The summed E-state index contributed by atoms with van der Waals surface area (Å²) >= 11 is 0. The molecule has 0 radical (unpaired) electrons. The molecule has 1 aliphatic heterocycles. The SMILES string of the molecule is O=C(c1ccc(-c2nnc(N[C@@H]3CCCNC3)c3ccccc23)c(O)c1)C(F)(F)F. The molecule has 2 aromatic carbocycles. The predicted molar refractivity (Wildman–Crippen MR) is 107 cm³/mol. The maximum Gasteiger partial charge on any atom is 0.454 e. The number of nitrogens with one attached hydrogen (secondary N) is 2. The van der Waals surface area contributed by atoms with Gasteiger partial charge in [-0.3, -0.25) is 4.79 Å². The third-order valence-corrected chi connectivity index (χ3v) is 5.10. The lowest BCUT2D eigenvalue weighted by Gasteiger charge is -2.24. The van der Waals surface area contributed by atoms with Crippen LogP contribution in [-0.2, 0) is 0 Å². The van der Waals surface area contributed by atoms with E-state index < -0.39 is 23.3 Å². The molecule has 1 saturated heterocycles. The van der Waals surface area contributed by atoms with E-state index in [1.165, 1.54) is 6.07 Å². The topological polar surface area (TPSA) is 87.1 Å². The number of benzene rings is 2. The smallest absolute Gasteiger partial charge is 0.454 e. The van der Waals surface area contributed by atoms with Crippen LogP contribution in [0.1, 0.15) is 23.2 Å². The predicted octanol–water partition coefficient (Wildman–Crippen LogP) is 3.91. The molecule has 4 rings (SSSR count). The summed E-state index contributed by atoms with van der Waals surface area (Å²) in [5.74, 6) is -1.88. The lowest BCUT2D eigenvalue weighted by atomic mass is 10.0. The number of hydrogen-bond acceptors (Lipinski definition) is 6. The van der Waals surface area contributed by atoms with Crippen molar-refractivity contribution in [1.82, 2.24) is 15.5 Å². The maximum absolute atomic E-state index is 12.7. The normalized spacial score (nSPS) is 17.1. The van der Waals surface area contributed by atoms with Crippen LogP contribution < -0.4 is 10.6 Å². The molecular formula is C21H19F3N4O2. The molecule has 9 heteroatoms. The van der Waals surface area contributed by atoms with E-state index in [-0.39, 0.29) is 11.6 Å². The number of rotatable bonds is 4. The van der Waals surface area contributed by atoms with Gasteiger partial charge in [0.2, 0.25) is 0 Å². The molecule has 1 aromatic heterocycles. The fourth-order valence-corrected chi connectivity index (χ4v) is 3.61. The van der Waals surface area contributed by atoms with Crippen LogP contribution in [0, 0.1) is 0 Å². The Hall–Kier alpha value is -3.20. The number of phenolic OH excluding ortho intramolecular Hbond substituents is 1. The van der Waals surface area contributed by atoms with Gasteiger partial charge in [-0.05, 0) is 31.5 Å². The second-order valence-electron chi connectivity index (χ2n) is 7.19. The molecule has 1 fully saturated rings. The third kappa shape index (κ3) is 3.93. The monoisotopic (exact) mass is 416 g/mol. The fourth-order valence-electron chi connectivity index (χ4n) is 3.61. The number of carbonyl (C=O) groups is 1. The van der Waals surface area contributed by atoms with Crippen LogP contribution in [0.15, 0.2) is 42.5 Å². The molecule has 0 aliphatic carbocycles. The number of nitrogens with zero attached hydrogens (tertiary/aromatic N) is 2. The minimum absolute atomic E-state index is 0.198. The Morgan fingerprint density at radius 3 is 2.57 bits per heavy atom. The van der Waals surface area contributed by atoms with Crippen molar-refractivity contribution in [3.8, 4) is 17.0 Å². The summed E-state index contributed by atoms with van der Waals surface area (Å²) < 4.78 is 38.0. The van der Waals surface area contributed by atoms with E-state index in [4.69, 9.17) is 0 Å². The minimum atomic E-state index is -5.01. The summed E-state index contributed by atoms with van der Waals surface area (Å²) in [5, 5.41) is 27.0. The zero-order valence-corrected chi connectivity index (χ0v) is 15.8. The number of aromatic nitrogens is 2. The van der Waals surface area contributed by atoms with Crippen molar-refractivity contribution in [3.05, 3.63) is 48.0 Å². The number of hydrogen-bond donors (Lipinski definition) is 3. The fraction of sp³-hybridized carbons (Fsp3) is 0.286. The molecule has 2 heterocycles. The van der Waals surface area contributed by atoms with Crippen LogP contribution >= 0.6 is 0 Å². The molecule has 0 saturated carbocycles. The summed E-state index contributed by atoms with van der Waals surface area (Å²) in [6.45, 7) is 1.79. The van der Waals surface area contributed by atoms with Crippen molar-refractivity contribution >= 4 is 22.4 Å². The van der Waals surface area contributed by atoms with E-state index in [9.17, 15) is 23.1 Å². The average Bonchev–Trinajstić information content (AvgIpc) is 2.74. The van der Waals surface area contributed by atoms with Crippen LogP contribution in [-0.4, -0.2) is 46.4 Å². The summed E-state index contributed by atoms with van der Waals surface area (Å²) in [6, 6.07) is 10.6. The largest absolute Gasteiger partial charge is 0.507 e.